The van der Waals surface area contributed by atoms with Crippen LogP contribution in [0.4, 0.5) is 5.69 Å². The SMILES string of the molecule is C/C(=N\NC(=O)Cn1cnc2ccccc21)c1cccc([N+](=O)[O-])c1. The molecule has 0 aliphatic carbocycles. The van der Waals surface area contributed by atoms with E-state index in [2.05, 4.69) is 15.5 Å². The first-order valence-electron chi connectivity index (χ1n) is 7.52. The predicted octanol–water partition coefficient (Wildman–Crippen LogP) is 2.48. The molecule has 126 valence electrons. The lowest BCUT2D eigenvalue weighted by Gasteiger charge is -2.05. The third-order valence-electron chi connectivity index (χ3n) is 3.66. The molecule has 8 heteroatoms. The summed E-state index contributed by atoms with van der Waals surface area (Å²) in [5.41, 5.74) is 5.16. The average Bonchev–Trinajstić information content (AvgIpc) is 3.03. The molecule has 0 spiro atoms. The van der Waals surface area contributed by atoms with E-state index in [9.17, 15) is 14.9 Å². The molecule has 0 aliphatic rings. The molecule has 0 aliphatic heterocycles. The minimum absolute atomic E-state index is 0.0248. The number of hydrogen-bond acceptors (Lipinski definition) is 5. The first-order chi connectivity index (χ1) is 12.0. The van der Waals surface area contributed by atoms with Crippen molar-refractivity contribution in [1.82, 2.24) is 15.0 Å². The minimum Gasteiger partial charge on any atom is -0.321 e. The molecule has 1 aromatic heterocycles. The number of hydrogen-bond donors (Lipinski definition) is 1. The van der Waals surface area contributed by atoms with Crippen LogP contribution in [0.25, 0.3) is 11.0 Å². The number of rotatable bonds is 5. The van der Waals surface area contributed by atoms with Gasteiger partial charge < -0.3 is 4.57 Å². The number of fused-ring (bicyclic) bond motifs is 1. The van der Waals surface area contributed by atoms with Gasteiger partial charge in [0, 0.05) is 17.7 Å². The van der Waals surface area contributed by atoms with E-state index < -0.39 is 4.92 Å². The number of imidazole rings is 1. The second kappa shape index (κ2) is 6.91. The van der Waals surface area contributed by atoms with Gasteiger partial charge in [0.25, 0.3) is 11.6 Å². The van der Waals surface area contributed by atoms with Crippen molar-refractivity contribution in [3.05, 3.63) is 70.5 Å². The van der Waals surface area contributed by atoms with Crippen LogP contribution in [0.3, 0.4) is 0 Å². The molecule has 1 N–H and O–H groups in total. The largest absolute Gasteiger partial charge is 0.321 e. The van der Waals surface area contributed by atoms with Gasteiger partial charge in [0.1, 0.15) is 6.54 Å². The highest BCUT2D eigenvalue weighted by Crippen LogP contribution is 2.14. The quantitative estimate of drug-likeness (QED) is 0.439. The highest BCUT2D eigenvalue weighted by molar-refractivity contribution is 5.99. The Bertz CT molecular complexity index is 977. The number of carbonyl (C=O) groups is 1. The van der Waals surface area contributed by atoms with Crippen LogP contribution in [0.2, 0.25) is 0 Å². The number of nitro benzene ring substituents is 1. The van der Waals surface area contributed by atoms with E-state index in [4.69, 9.17) is 0 Å². The molecule has 0 saturated carbocycles. The maximum atomic E-state index is 12.1. The Balaban J connectivity index is 1.69. The molecule has 0 atom stereocenters. The number of hydrazone groups is 1. The highest BCUT2D eigenvalue weighted by Gasteiger charge is 2.09. The molecule has 1 amide bonds. The Morgan fingerprint density at radius 3 is 2.88 bits per heavy atom. The van der Waals surface area contributed by atoms with Crippen LogP contribution in [0.15, 0.2) is 60.0 Å². The van der Waals surface area contributed by atoms with Crippen LogP contribution in [-0.4, -0.2) is 26.1 Å². The van der Waals surface area contributed by atoms with Crippen molar-refractivity contribution >= 4 is 28.3 Å². The lowest BCUT2D eigenvalue weighted by molar-refractivity contribution is -0.384. The van der Waals surface area contributed by atoms with Crippen molar-refractivity contribution in [3.63, 3.8) is 0 Å². The minimum atomic E-state index is -0.473. The van der Waals surface area contributed by atoms with Crippen LogP contribution in [-0.2, 0) is 11.3 Å². The molecule has 2 aromatic carbocycles. The predicted molar refractivity (Wildman–Crippen MR) is 93.2 cm³/mol. The van der Waals surface area contributed by atoms with Gasteiger partial charge in [-0.3, -0.25) is 14.9 Å². The summed E-state index contributed by atoms with van der Waals surface area (Å²) in [5, 5.41) is 14.8. The monoisotopic (exact) mass is 337 g/mol. The Kier molecular flexibility index (Phi) is 4.51. The summed E-state index contributed by atoms with van der Waals surface area (Å²) in [6.45, 7) is 1.75. The molecule has 3 aromatic rings. The zero-order valence-electron chi connectivity index (χ0n) is 13.4. The first-order valence-corrected chi connectivity index (χ1v) is 7.52. The summed E-state index contributed by atoms with van der Waals surface area (Å²) in [4.78, 5) is 26.7. The van der Waals surface area contributed by atoms with E-state index in [1.807, 2.05) is 24.3 Å². The lowest BCUT2D eigenvalue weighted by atomic mass is 10.1. The smallest absolute Gasteiger partial charge is 0.270 e. The first kappa shape index (κ1) is 16.3. The fourth-order valence-corrected chi connectivity index (χ4v) is 2.38. The summed E-state index contributed by atoms with van der Waals surface area (Å²) < 4.78 is 1.73. The fraction of sp³-hybridized carbons (Fsp3) is 0.118. The third kappa shape index (κ3) is 3.69. The van der Waals surface area contributed by atoms with E-state index in [-0.39, 0.29) is 18.1 Å². The molecule has 0 unspecified atom stereocenters. The van der Waals surface area contributed by atoms with Crippen LogP contribution >= 0.6 is 0 Å². The molecular formula is C17H15N5O3. The summed E-state index contributed by atoms with van der Waals surface area (Å²) in [6, 6.07) is 13.6. The molecule has 3 rings (SSSR count). The van der Waals surface area contributed by atoms with Gasteiger partial charge in [-0.15, -0.1) is 0 Å². The number of nitro groups is 1. The number of para-hydroxylation sites is 2. The number of benzene rings is 2. The van der Waals surface area contributed by atoms with E-state index in [0.29, 0.717) is 11.3 Å². The second-order valence-corrected chi connectivity index (χ2v) is 5.40. The molecule has 25 heavy (non-hydrogen) atoms. The molecule has 8 nitrogen and oxygen atoms in total. The number of amides is 1. The number of carbonyl (C=O) groups excluding carboxylic acids is 1. The van der Waals surface area contributed by atoms with Gasteiger partial charge in [-0.1, -0.05) is 24.3 Å². The van der Waals surface area contributed by atoms with Crippen LogP contribution in [0.1, 0.15) is 12.5 Å². The normalized spacial score (nSPS) is 11.5. The molecule has 0 bridgehead atoms. The van der Waals surface area contributed by atoms with Gasteiger partial charge in [0.05, 0.1) is 28.0 Å². The van der Waals surface area contributed by atoms with Crippen molar-refractivity contribution in [2.45, 2.75) is 13.5 Å². The molecule has 0 radical (unpaired) electrons. The average molecular weight is 337 g/mol. The fourth-order valence-electron chi connectivity index (χ4n) is 2.38. The molecular weight excluding hydrogens is 322 g/mol. The maximum Gasteiger partial charge on any atom is 0.270 e. The van der Waals surface area contributed by atoms with E-state index in [0.717, 1.165) is 11.0 Å². The van der Waals surface area contributed by atoms with Crippen molar-refractivity contribution in [3.8, 4) is 0 Å². The van der Waals surface area contributed by atoms with Gasteiger partial charge in [0.15, 0.2) is 0 Å². The van der Waals surface area contributed by atoms with E-state index in [1.165, 1.54) is 12.1 Å². The summed E-state index contributed by atoms with van der Waals surface area (Å²) in [5.74, 6) is -0.312. The van der Waals surface area contributed by atoms with Gasteiger partial charge in [-0.05, 0) is 19.1 Å². The molecule has 0 saturated heterocycles. The zero-order chi connectivity index (χ0) is 17.8. The van der Waals surface area contributed by atoms with Gasteiger partial charge in [-0.2, -0.15) is 5.10 Å². The standard InChI is InChI=1S/C17H15N5O3/c1-12(13-5-4-6-14(9-13)22(24)25)19-20-17(23)10-21-11-18-15-7-2-3-8-16(15)21/h2-9,11H,10H2,1H3,(H,20,23)/b19-12+. The summed E-state index contributed by atoms with van der Waals surface area (Å²) in [7, 11) is 0. The third-order valence-corrected chi connectivity index (χ3v) is 3.66. The summed E-state index contributed by atoms with van der Waals surface area (Å²) >= 11 is 0. The van der Waals surface area contributed by atoms with E-state index in [1.54, 1.807) is 30.0 Å². The zero-order valence-corrected chi connectivity index (χ0v) is 13.4. The lowest BCUT2D eigenvalue weighted by Crippen LogP contribution is -2.24. The van der Waals surface area contributed by atoms with Gasteiger partial charge in [-0.25, -0.2) is 10.4 Å². The van der Waals surface area contributed by atoms with Crippen molar-refractivity contribution in [2.75, 3.05) is 0 Å². The number of nitrogens with zero attached hydrogens (tertiary/aromatic N) is 4. The Morgan fingerprint density at radius 2 is 2.08 bits per heavy atom. The van der Waals surface area contributed by atoms with Crippen LogP contribution < -0.4 is 5.43 Å². The van der Waals surface area contributed by atoms with Crippen molar-refractivity contribution < 1.29 is 9.72 Å². The molecule has 1 heterocycles. The van der Waals surface area contributed by atoms with Gasteiger partial charge in [0.2, 0.25) is 0 Å². The van der Waals surface area contributed by atoms with Crippen molar-refractivity contribution in [2.24, 2.45) is 5.10 Å². The van der Waals surface area contributed by atoms with Crippen LogP contribution in [0.5, 0.6) is 0 Å². The van der Waals surface area contributed by atoms with E-state index >= 15 is 0 Å². The number of nitrogens with one attached hydrogen (secondary N) is 1. The topological polar surface area (TPSA) is 102 Å². The van der Waals surface area contributed by atoms with Gasteiger partial charge >= 0.3 is 0 Å². The van der Waals surface area contributed by atoms with Crippen LogP contribution in [0, 0.1) is 10.1 Å². The second-order valence-electron chi connectivity index (χ2n) is 5.40. The highest BCUT2D eigenvalue weighted by atomic mass is 16.6. The van der Waals surface area contributed by atoms with Crippen molar-refractivity contribution in [1.29, 1.82) is 0 Å². The number of aromatic nitrogens is 2. The summed E-state index contributed by atoms with van der Waals surface area (Å²) in [6.07, 6.45) is 1.60. The molecule has 0 fully saturated rings. The Hall–Kier alpha value is -3.55. The Labute approximate surface area is 142 Å². The number of non-ortho nitro benzene ring substituents is 1. The Morgan fingerprint density at radius 1 is 1.28 bits per heavy atom. The maximum absolute atomic E-state index is 12.1.